The topological polar surface area (TPSA) is 29.3 Å². The Bertz CT molecular complexity index is 212. The van der Waals surface area contributed by atoms with Gasteiger partial charge in [-0.25, -0.2) is 0 Å². The van der Waals surface area contributed by atoms with E-state index in [0.29, 0.717) is 11.5 Å². The summed E-state index contributed by atoms with van der Waals surface area (Å²) in [5.74, 6) is 0. The van der Waals surface area contributed by atoms with Gasteiger partial charge in [0.2, 0.25) is 0 Å². The predicted octanol–water partition coefficient (Wildman–Crippen LogP) is 1.35. The molecule has 2 unspecified atom stereocenters. The van der Waals surface area contributed by atoms with E-state index in [0.717, 1.165) is 6.04 Å². The first-order valence-electron chi connectivity index (χ1n) is 5.77. The van der Waals surface area contributed by atoms with Crippen LogP contribution in [-0.2, 0) is 0 Å². The molecule has 0 aromatic heterocycles. The summed E-state index contributed by atoms with van der Waals surface area (Å²) in [5, 5.41) is 0. The fourth-order valence-electron chi connectivity index (χ4n) is 3.34. The quantitative estimate of drug-likeness (QED) is 0.660. The van der Waals surface area contributed by atoms with Crippen molar-refractivity contribution in [2.75, 3.05) is 13.1 Å². The monoisotopic (exact) mass is 180 g/mol. The van der Waals surface area contributed by atoms with Crippen LogP contribution in [0.3, 0.4) is 0 Å². The van der Waals surface area contributed by atoms with E-state index in [2.05, 4.69) is 4.90 Å². The molecular weight excluding hydrogens is 160 g/mol. The number of nitrogens with zero attached hydrogens (tertiary/aromatic N) is 1. The Morgan fingerprint density at radius 2 is 2.00 bits per heavy atom. The van der Waals surface area contributed by atoms with E-state index >= 15 is 0 Å². The lowest BCUT2D eigenvalue weighted by Gasteiger charge is -2.23. The SMILES string of the molecule is NC1CCC2(CCN(C3CC3)C2)C1. The molecule has 1 heterocycles. The molecule has 74 valence electrons. The Morgan fingerprint density at radius 3 is 2.62 bits per heavy atom. The van der Waals surface area contributed by atoms with Gasteiger partial charge in [-0.2, -0.15) is 0 Å². The third kappa shape index (κ3) is 1.40. The Morgan fingerprint density at radius 1 is 1.15 bits per heavy atom. The van der Waals surface area contributed by atoms with Crippen LogP contribution in [0.25, 0.3) is 0 Å². The van der Waals surface area contributed by atoms with E-state index in [4.69, 9.17) is 5.73 Å². The normalized spacial score (nSPS) is 46.4. The van der Waals surface area contributed by atoms with Gasteiger partial charge in [0, 0.05) is 18.6 Å². The summed E-state index contributed by atoms with van der Waals surface area (Å²) in [7, 11) is 0. The summed E-state index contributed by atoms with van der Waals surface area (Å²) >= 11 is 0. The average molecular weight is 180 g/mol. The van der Waals surface area contributed by atoms with E-state index in [-0.39, 0.29) is 0 Å². The largest absolute Gasteiger partial charge is 0.328 e. The number of rotatable bonds is 1. The lowest BCUT2D eigenvalue weighted by atomic mass is 9.85. The number of nitrogens with two attached hydrogens (primary N) is 1. The van der Waals surface area contributed by atoms with Crippen LogP contribution in [0.1, 0.15) is 38.5 Å². The van der Waals surface area contributed by atoms with Gasteiger partial charge in [0.05, 0.1) is 0 Å². The molecule has 1 spiro atoms. The third-order valence-corrected chi connectivity index (χ3v) is 4.27. The van der Waals surface area contributed by atoms with E-state index in [1.54, 1.807) is 0 Å². The predicted molar refractivity (Wildman–Crippen MR) is 53.5 cm³/mol. The van der Waals surface area contributed by atoms with E-state index in [1.165, 1.54) is 51.6 Å². The summed E-state index contributed by atoms with van der Waals surface area (Å²) in [6.07, 6.45) is 8.33. The standard InChI is InChI=1S/C11H20N2/c12-9-3-4-11(7-9)5-6-13(8-11)10-1-2-10/h9-10H,1-8,12H2. The zero-order valence-corrected chi connectivity index (χ0v) is 8.34. The molecule has 3 rings (SSSR count). The van der Waals surface area contributed by atoms with Crippen molar-refractivity contribution in [3.8, 4) is 0 Å². The fourth-order valence-corrected chi connectivity index (χ4v) is 3.34. The molecule has 3 aliphatic rings. The smallest absolute Gasteiger partial charge is 0.00966 e. The molecule has 2 atom stereocenters. The second-order valence-electron chi connectivity index (χ2n) is 5.45. The van der Waals surface area contributed by atoms with Gasteiger partial charge >= 0.3 is 0 Å². The molecule has 2 heteroatoms. The van der Waals surface area contributed by atoms with E-state index < -0.39 is 0 Å². The molecule has 0 bridgehead atoms. The molecule has 2 saturated carbocycles. The van der Waals surface area contributed by atoms with Crippen LogP contribution in [0.5, 0.6) is 0 Å². The number of likely N-dealkylation sites (tertiary alicyclic amines) is 1. The summed E-state index contributed by atoms with van der Waals surface area (Å²) in [4.78, 5) is 2.72. The fraction of sp³-hybridized carbons (Fsp3) is 1.00. The summed E-state index contributed by atoms with van der Waals surface area (Å²) in [6.45, 7) is 2.72. The van der Waals surface area contributed by atoms with Crippen LogP contribution in [0.2, 0.25) is 0 Å². The maximum atomic E-state index is 6.01. The number of hydrogen-bond donors (Lipinski definition) is 1. The highest BCUT2D eigenvalue weighted by Crippen LogP contribution is 2.47. The maximum Gasteiger partial charge on any atom is 0.00966 e. The molecular formula is C11H20N2. The van der Waals surface area contributed by atoms with Crippen molar-refractivity contribution in [1.82, 2.24) is 4.90 Å². The van der Waals surface area contributed by atoms with Crippen molar-refractivity contribution in [2.24, 2.45) is 11.1 Å². The molecule has 2 N–H and O–H groups in total. The Hall–Kier alpha value is -0.0800. The van der Waals surface area contributed by atoms with E-state index in [1.807, 2.05) is 0 Å². The van der Waals surface area contributed by atoms with Gasteiger partial charge in [0.1, 0.15) is 0 Å². The first-order chi connectivity index (χ1) is 6.27. The summed E-state index contributed by atoms with van der Waals surface area (Å²) in [5.41, 5.74) is 6.66. The van der Waals surface area contributed by atoms with Crippen LogP contribution < -0.4 is 5.73 Å². The second-order valence-corrected chi connectivity index (χ2v) is 5.45. The van der Waals surface area contributed by atoms with Crippen molar-refractivity contribution >= 4 is 0 Å². The lowest BCUT2D eigenvalue weighted by Crippen LogP contribution is -2.28. The minimum atomic E-state index is 0.513. The van der Waals surface area contributed by atoms with Crippen molar-refractivity contribution in [3.63, 3.8) is 0 Å². The minimum Gasteiger partial charge on any atom is -0.328 e. The molecule has 0 amide bonds. The highest BCUT2D eigenvalue weighted by Gasteiger charge is 2.46. The summed E-state index contributed by atoms with van der Waals surface area (Å²) < 4.78 is 0. The number of hydrogen-bond acceptors (Lipinski definition) is 2. The Kier molecular flexibility index (Phi) is 1.72. The molecule has 3 fully saturated rings. The summed E-state index contributed by atoms with van der Waals surface area (Å²) in [6, 6.07) is 1.48. The lowest BCUT2D eigenvalue weighted by molar-refractivity contribution is 0.253. The average Bonchev–Trinajstić information content (AvgIpc) is 2.80. The van der Waals surface area contributed by atoms with Crippen molar-refractivity contribution in [1.29, 1.82) is 0 Å². The van der Waals surface area contributed by atoms with E-state index in [9.17, 15) is 0 Å². The molecule has 13 heavy (non-hydrogen) atoms. The van der Waals surface area contributed by atoms with Gasteiger partial charge in [-0.15, -0.1) is 0 Å². The Balaban J connectivity index is 1.66. The van der Waals surface area contributed by atoms with Gasteiger partial charge in [0.25, 0.3) is 0 Å². The highest BCUT2D eigenvalue weighted by atomic mass is 15.2. The van der Waals surface area contributed by atoms with Crippen molar-refractivity contribution in [3.05, 3.63) is 0 Å². The molecule has 2 nitrogen and oxygen atoms in total. The molecule has 2 aliphatic carbocycles. The van der Waals surface area contributed by atoms with Gasteiger partial charge < -0.3 is 5.73 Å². The van der Waals surface area contributed by atoms with Crippen LogP contribution >= 0.6 is 0 Å². The minimum absolute atomic E-state index is 0.513. The van der Waals surface area contributed by atoms with Crippen LogP contribution in [0, 0.1) is 5.41 Å². The molecule has 1 saturated heterocycles. The van der Waals surface area contributed by atoms with Crippen LogP contribution in [0.4, 0.5) is 0 Å². The molecule has 1 aliphatic heterocycles. The zero-order chi connectivity index (χ0) is 8.89. The van der Waals surface area contributed by atoms with Crippen LogP contribution in [-0.4, -0.2) is 30.1 Å². The van der Waals surface area contributed by atoms with Crippen molar-refractivity contribution < 1.29 is 0 Å². The van der Waals surface area contributed by atoms with Crippen LogP contribution in [0.15, 0.2) is 0 Å². The van der Waals surface area contributed by atoms with Gasteiger partial charge in [0.15, 0.2) is 0 Å². The third-order valence-electron chi connectivity index (χ3n) is 4.27. The van der Waals surface area contributed by atoms with Gasteiger partial charge in [-0.3, -0.25) is 4.90 Å². The zero-order valence-electron chi connectivity index (χ0n) is 8.34. The maximum absolute atomic E-state index is 6.01. The van der Waals surface area contributed by atoms with Gasteiger partial charge in [-0.1, -0.05) is 0 Å². The first-order valence-corrected chi connectivity index (χ1v) is 5.77. The molecule has 0 radical (unpaired) electrons. The second kappa shape index (κ2) is 2.71. The first kappa shape index (κ1) is 8.25. The molecule has 0 aromatic carbocycles. The Labute approximate surface area is 80.5 Å². The van der Waals surface area contributed by atoms with Crippen molar-refractivity contribution in [2.45, 2.75) is 50.6 Å². The highest BCUT2D eigenvalue weighted by molar-refractivity contribution is 5.00. The molecule has 0 aromatic rings. The van der Waals surface area contributed by atoms with Gasteiger partial charge in [-0.05, 0) is 50.5 Å².